The van der Waals surface area contributed by atoms with Gasteiger partial charge in [0, 0.05) is 11.4 Å². The van der Waals surface area contributed by atoms with Gasteiger partial charge in [-0.2, -0.15) is 4.98 Å². The molecule has 42 heavy (non-hydrogen) atoms. The Hall–Kier alpha value is -6.34. The number of hydrogen-bond donors (Lipinski definition) is 2. The number of fused-ring (bicyclic) bond motifs is 2. The fraction of sp³-hybridized carbons (Fsp3) is 0. The topological polar surface area (TPSA) is 136 Å². The predicted octanol–water partition coefficient (Wildman–Crippen LogP) is 6.20. The summed E-state index contributed by atoms with van der Waals surface area (Å²) in [7, 11) is 0. The number of para-hydroxylation sites is 2. The number of carbonyl (C=O) groups excluding carboxylic acids is 2. The van der Waals surface area contributed by atoms with Gasteiger partial charge in [-0.1, -0.05) is 30.3 Å². The highest BCUT2D eigenvalue weighted by molar-refractivity contribution is 6.04. The van der Waals surface area contributed by atoms with Gasteiger partial charge in [0.1, 0.15) is 28.3 Å². The van der Waals surface area contributed by atoms with Crippen molar-refractivity contribution in [2.75, 3.05) is 10.6 Å². The van der Waals surface area contributed by atoms with Crippen LogP contribution >= 0.6 is 0 Å². The van der Waals surface area contributed by atoms with Crippen molar-refractivity contribution < 1.29 is 18.4 Å². The Morgan fingerprint density at radius 3 is 1.81 bits per heavy atom. The quantitative estimate of drug-likeness (QED) is 0.250. The second-order valence-electron chi connectivity index (χ2n) is 9.12. The van der Waals surface area contributed by atoms with E-state index < -0.39 is 11.8 Å². The zero-order valence-electron chi connectivity index (χ0n) is 21.7. The molecule has 2 amide bonds. The molecule has 0 saturated carbocycles. The number of hydrogen-bond acceptors (Lipinski definition) is 8. The van der Waals surface area contributed by atoms with Gasteiger partial charge in [-0.05, 0) is 78.9 Å². The molecule has 0 aliphatic carbocycles. The molecule has 0 saturated heterocycles. The normalized spacial score (nSPS) is 10.9. The number of nitrogens with one attached hydrogen (secondary N) is 2. The van der Waals surface area contributed by atoms with Crippen LogP contribution in [0.15, 0.2) is 106 Å². The van der Waals surface area contributed by atoms with Gasteiger partial charge in [0.15, 0.2) is 16.7 Å². The van der Waals surface area contributed by atoms with E-state index in [1.807, 2.05) is 24.3 Å². The molecule has 10 heteroatoms. The van der Waals surface area contributed by atoms with Crippen LogP contribution in [-0.2, 0) is 0 Å². The summed E-state index contributed by atoms with van der Waals surface area (Å²) in [4.78, 5) is 43.4. The van der Waals surface area contributed by atoms with Gasteiger partial charge in [-0.15, -0.1) is 0 Å². The van der Waals surface area contributed by atoms with Crippen LogP contribution in [0.2, 0.25) is 0 Å². The first kappa shape index (κ1) is 24.7. The molecule has 0 fully saturated rings. The SMILES string of the molecule is O=C(Nc1ccc(NC(=O)c2cccc(-c3nc4ccccc4o3)n2)cc1)c1cccc(-c2nc3c#cccc3o2)n1. The van der Waals surface area contributed by atoms with Crippen LogP contribution in [0, 0.1) is 12.1 Å². The molecule has 200 valence electrons. The zero-order valence-corrected chi connectivity index (χ0v) is 21.7. The standard InChI is InChI=1S/C32H18N6O4/c39-29(23-9-5-11-25(35-23)31-37-21-7-1-3-13-27(21)41-31)33-19-15-17-20(18-16-19)34-30(40)24-10-6-12-26(36-24)32-38-22-8-2-4-14-28(22)42-32/h1,3-7,9-18H,(H,33,39)(H,34,40). The third-order valence-corrected chi connectivity index (χ3v) is 6.26. The summed E-state index contributed by atoms with van der Waals surface area (Å²) in [6.45, 7) is 0. The molecule has 2 N–H and O–H groups in total. The summed E-state index contributed by atoms with van der Waals surface area (Å²) >= 11 is 0. The van der Waals surface area contributed by atoms with Gasteiger partial charge in [-0.3, -0.25) is 9.59 Å². The average molecular weight is 551 g/mol. The fourth-order valence-electron chi connectivity index (χ4n) is 4.24. The van der Waals surface area contributed by atoms with Crippen LogP contribution in [0.4, 0.5) is 11.4 Å². The van der Waals surface area contributed by atoms with Crippen molar-refractivity contribution in [1.29, 1.82) is 0 Å². The highest BCUT2D eigenvalue weighted by atomic mass is 16.4. The van der Waals surface area contributed by atoms with Gasteiger partial charge < -0.3 is 19.5 Å². The fourth-order valence-corrected chi connectivity index (χ4v) is 4.24. The van der Waals surface area contributed by atoms with Crippen LogP contribution in [-0.4, -0.2) is 31.8 Å². The minimum absolute atomic E-state index is 0.188. The van der Waals surface area contributed by atoms with Crippen LogP contribution in [0.3, 0.4) is 0 Å². The number of anilines is 2. The van der Waals surface area contributed by atoms with Gasteiger partial charge in [0.05, 0.1) is 0 Å². The Bertz CT molecular complexity index is 1880. The van der Waals surface area contributed by atoms with Crippen LogP contribution in [0.1, 0.15) is 21.0 Å². The van der Waals surface area contributed by atoms with E-state index in [2.05, 4.69) is 42.7 Å². The Labute approximate surface area is 238 Å². The van der Waals surface area contributed by atoms with Crippen LogP contribution < -0.4 is 10.6 Å². The van der Waals surface area contributed by atoms with Gasteiger partial charge in [0.2, 0.25) is 11.8 Å². The van der Waals surface area contributed by atoms with E-state index in [0.29, 0.717) is 50.9 Å². The number of nitrogens with zero attached hydrogens (tertiary/aromatic N) is 4. The Kier molecular flexibility index (Phi) is 6.07. The van der Waals surface area contributed by atoms with Gasteiger partial charge in [0.25, 0.3) is 11.8 Å². The van der Waals surface area contributed by atoms with Gasteiger partial charge >= 0.3 is 0 Å². The Morgan fingerprint density at radius 1 is 0.595 bits per heavy atom. The summed E-state index contributed by atoms with van der Waals surface area (Å²) in [5.41, 5.74) is 4.73. The molecule has 0 aliphatic heterocycles. The van der Waals surface area contributed by atoms with E-state index in [0.717, 1.165) is 0 Å². The maximum absolute atomic E-state index is 12.9. The first-order valence-corrected chi connectivity index (χ1v) is 12.8. The lowest BCUT2D eigenvalue weighted by molar-refractivity contribution is 0.101. The van der Waals surface area contributed by atoms with E-state index in [4.69, 9.17) is 8.83 Å². The molecule has 7 aromatic rings. The highest BCUT2D eigenvalue weighted by Crippen LogP contribution is 2.24. The van der Waals surface area contributed by atoms with Crippen molar-refractivity contribution in [1.82, 2.24) is 19.9 Å². The lowest BCUT2D eigenvalue weighted by Gasteiger charge is -2.08. The number of aromatic nitrogens is 4. The average Bonchev–Trinajstić information content (AvgIpc) is 3.67. The molecule has 4 heterocycles. The molecule has 0 radical (unpaired) electrons. The molecule has 0 atom stereocenters. The highest BCUT2D eigenvalue weighted by Gasteiger charge is 2.15. The Morgan fingerprint density at radius 2 is 1.19 bits per heavy atom. The summed E-state index contributed by atoms with van der Waals surface area (Å²) in [6, 6.07) is 33.3. The number of pyridine rings is 2. The molecule has 3 aromatic carbocycles. The molecule has 0 bridgehead atoms. The number of carbonyl (C=O) groups is 2. The second-order valence-corrected chi connectivity index (χ2v) is 9.12. The smallest absolute Gasteiger partial charge is 0.274 e. The molecule has 0 spiro atoms. The summed E-state index contributed by atoms with van der Waals surface area (Å²) in [6.07, 6.45) is 0. The monoisotopic (exact) mass is 550 g/mol. The molecule has 7 rings (SSSR count). The van der Waals surface area contributed by atoms with E-state index in [1.54, 1.807) is 72.8 Å². The molecule has 0 aliphatic rings. The van der Waals surface area contributed by atoms with Crippen molar-refractivity contribution in [3.8, 4) is 23.2 Å². The van der Waals surface area contributed by atoms with Crippen molar-refractivity contribution in [3.05, 3.63) is 121 Å². The van der Waals surface area contributed by atoms with Crippen molar-refractivity contribution in [2.24, 2.45) is 0 Å². The van der Waals surface area contributed by atoms with Crippen LogP contribution in [0.5, 0.6) is 0 Å². The summed E-state index contributed by atoms with van der Waals surface area (Å²) in [5.74, 6) is -0.202. The first-order valence-electron chi connectivity index (χ1n) is 12.8. The van der Waals surface area contributed by atoms with Crippen molar-refractivity contribution in [3.63, 3.8) is 0 Å². The lowest BCUT2D eigenvalue weighted by Crippen LogP contribution is -2.15. The number of benzene rings is 2. The zero-order chi connectivity index (χ0) is 28.5. The predicted molar refractivity (Wildman–Crippen MR) is 155 cm³/mol. The minimum atomic E-state index is -0.412. The number of oxazole rings is 2. The molecule has 0 unspecified atom stereocenters. The lowest BCUT2D eigenvalue weighted by atomic mass is 10.2. The molecular formula is C32H18N6O4. The maximum Gasteiger partial charge on any atom is 0.274 e. The Balaban J connectivity index is 1.02. The summed E-state index contributed by atoms with van der Waals surface area (Å²) in [5, 5.41) is 5.62. The first-order chi connectivity index (χ1) is 20.6. The van der Waals surface area contributed by atoms with Gasteiger partial charge in [-0.25, -0.2) is 15.0 Å². The minimum Gasteiger partial charge on any atom is -0.435 e. The number of rotatable bonds is 6. The molecule has 4 aromatic heterocycles. The number of amides is 2. The van der Waals surface area contributed by atoms with E-state index >= 15 is 0 Å². The van der Waals surface area contributed by atoms with Crippen molar-refractivity contribution >= 4 is 45.4 Å². The third-order valence-electron chi connectivity index (χ3n) is 6.26. The van der Waals surface area contributed by atoms with E-state index in [-0.39, 0.29) is 17.3 Å². The van der Waals surface area contributed by atoms with Crippen LogP contribution in [0.25, 0.3) is 45.4 Å². The molecule has 10 nitrogen and oxygen atoms in total. The second kappa shape index (κ2) is 10.3. The van der Waals surface area contributed by atoms with E-state index in [1.165, 1.54) is 0 Å². The largest absolute Gasteiger partial charge is 0.435 e. The molecular weight excluding hydrogens is 532 g/mol. The third kappa shape index (κ3) is 4.89. The van der Waals surface area contributed by atoms with Crippen molar-refractivity contribution in [2.45, 2.75) is 0 Å². The van der Waals surface area contributed by atoms with E-state index in [9.17, 15) is 9.59 Å². The maximum atomic E-state index is 12.9. The summed E-state index contributed by atoms with van der Waals surface area (Å²) < 4.78 is 11.5.